The normalized spacial score (nSPS) is 10.9. The zero-order valence-electron chi connectivity index (χ0n) is 20.6. The van der Waals surface area contributed by atoms with E-state index in [1.54, 1.807) is 0 Å². The smallest absolute Gasteiger partial charge is 0.411 e. The minimum atomic E-state index is -0.783. The minimum Gasteiger partial charge on any atom is -0.480 e. The molecule has 0 spiro atoms. The van der Waals surface area contributed by atoms with E-state index in [2.05, 4.69) is 30.2 Å². The maximum atomic E-state index is 14.7. The Labute approximate surface area is 224 Å². The number of carbonyl (C=O) groups is 2. The first-order chi connectivity index (χ1) is 18.8. The molecule has 12 nitrogen and oxygen atoms in total. The Morgan fingerprint density at radius 1 is 1.05 bits per heavy atom. The van der Waals surface area contributed by atoms with Crippen LogP contribution < -0.4 is 20.5 Å². The monoisotopic (exact) mass is 549 g/mol. The van der Waals surface area contributed by atoms with E-state index in [1.807, 2.05) is 19.1 Å². The van der Waals surface area contributed by atoms with E-state index < -0.39 is 17.8 Å². The molecule has 4 aromatic heterocycles. The van der Waals surface area contributed by atoms with Crippen LogP contribution in [0.5, 0.6) is 11.8 Å². The van der Waals surface area contributed by atoms with Crippen molar-refractivity contribution in [2.24, 2.45) is 5.73 Å². The Bertz CT molecular complexity index is 1710. The lowest BCUT2D eigenvalue weighted by atomic mass is 10.1. The van der Waals surface area contributed by atoms with E-state index in [0.717, 1.165) is 11.1 Å². The van der Waals surface area contributed by atoms with E-state index in [0.29, 0.717) is 38.0 Å². The summed E-state index contributed by atoms with van der Waals surface area (Å²) < 4.78 is 30.3. The van der Waals surface area contributed by atoms with Crippen molar-refractivity contribution in [3.8, 4) is 22.3 Å². The van der Waals surface area contributed by atoms with Crippen molar-refractivity contribution in [2.45, 2.75) is 6.92 Å². The van der Waals surface area contributed by atoms with Crippen LogP contribution in [0, 0.1) is 12.7 Å². The van der Waals surface area contributed by atoms with Crippen molar-refractivity contribution in [1.82, 2.24) is 24.9 Å². The third-order valence-electron chi connectivity index (χ3n) is 5.33. The zero-order chi connectivity index (χ0) is 27.5. The number of hydrogen-bond donors (Lipinski definition) is 2. The second-order valence-electron chi connectivity index (χ2n) is 8.12. The van der Waals surface area contributed by atoms with Crippen molar-refractivity contribution >= 4 is 50.4 Å². The molecule has 0 aliphatic heterocycles. The predicted octanol–water partition coefficient (Wildman–Crippen LogP) is 3.88. The number of rotatable bonds is 8. The second kappa shape index (κ2) is 10.8. The molecule has 0 unspecified atom stereocenters. The van der Waals surface area contributed by atoms with Gasteiger partial charge in [-0.05, 0) is 36.8 Å². The van der Waals surface area contributed by atoms with Crippen LogP contribution in [0.4, 0.5) is 14.9 Å². The summed E-state index contributed by atoms with van der Waals surface area (Å²) in [6, 6.07) is 7.87. The molecule has 5 rings (SSSR count). The maximum Gasteiger partial charge on any atom is 0.411 e. The van der Waals surface area contributed by atoms with Crippen molar-refractivity contribution in [3.05, 3.63) is 59.8 Å². The molecule has 4 heterocycles. The van der Waals surface area contributed by atoms with Crippen molar-refractivity contribution < 1.29 is 28.2 Å². The average molecular weight is 550 g/mol. The molecule has 1 aromatic carbocycles. The number of benzene rings is 1. The van der Waals surface area contributed by atoms with E-state index >= 15 is 0 Å². The number of hydrogen-bond acceptors (Lipinski definition) is 11. The Morgan fingerprint density at radius 3 is 2.64 bits per heavy atom. The lowest BCUT2D eigenvalue weighted by Crippen LogP contribution is -2.18. The zero-order valence-corrected chi connectivity index (χ0v) is 21.4. The van der Waals surface area contributed by atoms with Gasteiger partial charge in [0.15, 0.2) is 5.82 Å². The number of pyridine rings is 2. The van der Waals surface area contributed by atoms with Crippen LogP contribution in [0.3, 0.4) is 0 Å². The topological polar surface area (TPSA) is 164 Å². The summed E-state index contributed by atoms with van der Waals surface area (Å²) in [4.78, 5) is 45.0. The first-order valence-electron chi connectivity index (χ1n) is 11.4. The number of anilines is 1. The lowest BCUT2D eigenvalue weighted by molar-refractivity contribution is 0.0995. The fourth-order valence-electron chi connectivity index (χ4n) is 3.59. The molecule has 0 aliphatic carbocycles. The summed E-state index contributed by atoms with van der Waals surface area (Å²) in [6.45, 7) is 1.61. The van der Waals surface area contributed by atoms with Crippen LogP contribution in [-0.2, 0) is 4.74 Å². The molecule has 3 N–H and O–H groups in total. The van der Waals surface area contributed by atoms with Gasteiger partial charge in [-0.3, -0.25) is 10.1 Å². The molecule has 5 aromatic rings. The number of nitrogens with one attached hydrogen (secondary N) is 1. The first-order valence-corrected chi connectivity index (χ1v) is 12.2. The highest BCUT2D eigenvalue weighted by molar-refractivity contribution is 7.21. The summed E-state index contributed by atoms with van der Waals surface area (Å²) in [5, 5.41) is 3.04. The van der Waals surface area contributed by atoms with Gasteiger partial charge in [-0.1, -0.05) is 11.3 Å². The fourth-order valence-corrected chi connectivity index (χ4v) is 4.52. The van der Waals surface area contributed by atoms with Crippen LogP contribution in [0.15, 0.2) is 42.7 Å². The van der Waals surface area contributed by atoms with Gasteiger partial charge in [-0.2, -0.15) is 4.98 Å². The molecule has 0 fully saturated rings. The quantitative estimate of drug-likeness (QED) is 0.271. The van der Waals surface area contributed by atoms with Gasteiger partial charge in [0, 0.05) is 11.6 Å². The number of aryl methyl sites for hydroxylation is 1. The summed E-state index contributed by atoms with van der Waals surface area (Å²) in [6.07, 6.45) is 2.00. The highest BCUT2D eigenvalue weighted by atomic mass is 32.1. The molecule has 0 atom stereocenters. The number of ether oxygens (including phenoxy) is 3. The fraction of sp³-hybridized carbons (Fsp3) is 0.160. The van der Waals surface area contributed by atoms with Crippen LogP contribution in [0.2, 0.25) is 0 Å². The molecule has 0 bridgehead atoms. The summed E-state index contributed by atoms with van der Waals surface area (Å²) in [5.41, 5.74) is 8.82. The van der Waals surface area contributed by atoms with E-state index in [-0.39, 0.29) is 24.8 Å². The van der Waals surface area contributed by atoms with Crippen LogP contribution in [-0.4, -0.2) is 57.2 Å². The molecule has 14 heteroatoms. The van der Waals surface area contributed by atoms with Crippen molar-refractivity contribution in [3.63, 3.8) is 0 Å². The van der Waals surface area contributed by atoms with Crippen molar-refractivity contribution in [1.29, 1.82) is 0 Å². The third kappa shape index (κ3) is 5.65. The van der Waals surface area contributed by atoms with Gasteiger partial charge in [0.1, 0.15) is 34.3 Å². The van der Waals surface area contributed by atoms with Crippen LogP contribution >= 0.6 is 11.3 Å². The van der Waals surface area contributed by atoms with Gasteiger partial charge >= 0.3 is 6.09 Å². The number of primary amides is 1. The number of nitrogens with zero attached hydrogens (tertiary/aromatic N) is 5. The molecular formula is C25H20FN7O5S. The van der Waals surface area contributed by atoms with E-state index in [9.17, 15) is 14.0 Å². The largest absolute Gasteiger partial charge is 0.480 e. The first kappa shape index (κ1) is 25.7. The number of thiazole rings is 1. The summed E-state index contributed by atoms with van der Waals surface area (Å²) >= 11 is 1.26. The van der Waals surface area contributed by atoms with Gasteiger partial charge in [-0.15, -0.1) is 0 Å². The van der Waals surface area contributed by atoms with Gasteiger partial charge < -0.3 is 19.9 Å². The van der Waals surface area contributed by atoms with E-state index in [1.165, 1.54) is 49.0 Å². The molecule has 0 saturated carbocycles. The third-order valence-corrected chi connectivity index (χ3v) is 6.33. The maximum absolute atomic E-state index is 14.7. The highest BCUT2D eigenvalue weighted by Gasteiger charge is 2.17. The number of amides is 2. The van der Waals surface area contributed by atoms with Crippen molar-refractivity contribution in [2.75, 3.05) is 25.6 Å². The Morgan fingerprint density at radius 2 is 1.90 bits per heavy atom. The number of carbonyl (C=O) groups excluding carboxylic acids is 2. The minimum absolute atomic E-state index is 0.0587. The molecule has 39 heavy (non-hydrogen) atoms. The lowest BCUT2D eigenvalue weighted by Gasteiger charge is -2.08. The number of fused-ring (bicyclic) bond motifs is 2. The van der Waals surface area contributed by atoms with Gasteiger partial charge in [0.05, 0.1) is 36.2 Å². The molecule has 198 valence electrons. The SMILES string of the molecule is COc1cnc2c(-c3nc4cc(F)c(OCCOC(=O)Nc5ccc(C(N)=O)nc5)nc4s3)cc(C)cc2n1. The predicted molar refractivity (Wildman–Crippen MR) is 140 cm³/mol. The summed E-state index contributed by atoms with van der Waals surface area (Å²) in [7, 11) is 1.52. The standard InChI is InChI=1S/C25H20FN7O5S/c1-12-7-14(20-17(8-12)31-19(36-2)11-29-20)23-32-18-9-15(26)22(33-24(18)39-23)37-5-6-38-25(35)30-13-3-4-16(21(27)34)28-10-13/h3-4,7-11H,5-6H2,1-2H3,(H2,27,34)(H,30,35). The molecule has 0 saturated heterocycles. The number of aromatic nitrogens is 5. The molecule has 0 radical (unpaired) electrons. The van der Waals surface area contributed by atoms with Crippen LogP contribution in [0.25, 0.3) is 32.0 Å². The van der Waals surface area contributed by atoms with Gasteiger partial charge in [-0.25, -0.2) is 29.1 Å². The second-order valence-corrected chi connectivity index (χ2v) is 9.09. The number of halogens is 1. The van der Waals surface area contributed by atoms with Gasteiger partial charge in [0.25, 0.3) is 11.8 Å². The Kier molecular flexibility index (Phi) is 7.10. The molecular weight excluding hydrogens is 529 g/mol. The van der Waals surface area contributed by atoms with Gasteiger partial charge in [0.2, 0.25) is 5.88 Å². The number of methoxy groups -OCH3 is 1. The Hall–Kier alpha value is -4.98. The number of nitrogens with two attached hydrogens (primary N) is 1. The molecule has 2 amide bonds. The Balaban J connectivity index is 1.25. The molecule has 0 aliphatic rings. The van der Waals surface area contributed by atoms with E-state index in [4.69, 9.17) is 19.9 Å². The average Bonchev–Trinajstić information content (AvgIpc) is 3.33. The van der Waals surface area contributed by atoms with Crippen LogP contribution in [0.1, 0.15) is 16.1 Å². The highest BCUT2D eigenvalue weighted by Crippen LogP contribution is 2.35. The summed E-state index contributed by atoms with van der Waals surface area (Å²) in [5.74, 6) is -1.24.